The van der Waals surface area contributed by atoms with Crippen LogP contribution in [0, 0.1) is 5.92 Å². The molecule has 1 aromatic carbocycles. The number of benzene rings is 1. The molecule has 4 heteroatoms. The molecule has 0 aliphatic carbocycles. The SMILES string of the molecule is O=C(O)C1CCCN(Cc2ccccc2)C1=O. The first kappa shape index (κ1) is 11.6. The van der Waals surface area contributed by atoms with Gasteiger partial charge >= 0.3 is 5.97 Å². The highest BCUT2D eigenvalue weighted by atomic mass is 16.4. The van der Waals surface area contributed by atoms with Crippen LogP contribution in [0.4, 0.5) is 0 Å². The number of amides is 1. The Hall–Kier alpha value is -1.84. The fraction of sp³-hybridized carbons (Fsp3) is 0.385. The van der Waals surface area contributed by atoms with E-state index in [1.165, 1.54) is 0 Å². The van der Waals surface area contributed by atoms with E-state index in [1.54, 1.807) is 4.90 Å². The molecule has 1 atom stereocenters. The molecule has 1 aromatic rings. The number of rotatable bonds is 3. The molecule has 1 aliphatic heterocycles. The molecule has 1 aliphatic rings. The number of carboxylic acid groups (broad SMARTS) is 1. The van der Waals surface area contributed by atoms with Gasteiger partial charge < -0.3 is 10.0 Å². The van der Waals surface area contributed by atoms with Gasteiger partial charge in [-0.05, 0) is 18.4 Å². The zero-order valence-electron chi connectivity index (χ0n) is 9.50. The number of aliphatic carboxylic acids is 1. The van der Waals surface area contributed by atoms with Crippen LogP contribution in [-0.2, 0) is 16.1 Å². The van der Waals surface area contributed by atoms with Crippen LogP contribution >= 0.6 is 0 Å². The number of piperidine rings is 1. The molecule has 17 heavy (non-hydrogen) atoms. The topological polar surface area (TPSA) is 57.6 Å². The van der Waals surface area contributed by atoms with Crippen LogP contribution in [0.1, 0.15) is 18.4 Å². The molecular formula is C13H15NO3. The summed E-state index contributed by atoms with van der Waals surface area (Å²) in [5.74, 6) is -2.12. The molecule has 1 amide bonds. The van der Waals surface area contributed by atoms with E-state index in [4.69, 9.17) is 5.11 Å². The van der Waals surface area contributed by atoms with Gasteiger partial charge in [-0.25, -0.2) is 0 Å². The summed E-state index contributed by atoms with van der Waals surface area (Å²) in [5.41, 5.74) is 1.03. The standard InChI is InChI=1S/C13H15NO3/c15-12-11(13(16)17)7-4-8-14(12)9-10-5-2-1-3-6-10/h1-3,5-6,11H,4,7-9H2,(H,16,17). The second-order valence-electron chi connectivity index (χ2n) is 4.28. The molecule has 90 valence electrons. The van der Waals surface area contributed by atoms with Crippen molar-refractivity contribution >= 4 is 11.9 Å². The number of hydrogen-bond donors (Lipinski definition) is 1. The summed E-state index contributed by atoms with van der Waals surface area (Å²) in [5, 5.41) is 8.95. The summed E-state index contributed by atoms with van der Waals surface area (Å²) in [7, 11) is 0. The lowest BCUT2D eigenvalue weighted by atomic mass is 9.97. The highest BCUT2D eigenvalue weighted by Gasteiger charge is 2.33. The van der Waals surface area contributed by atoms with Gasteiger partial charge in [-0.1, -0.05) is 30.3 Å². The number of carbonyl (C=O) groups is 2. The molecule has 0 spiro atoms. The number of nitrogens with zero attached hydrogens (tertiary/aromatic N) is 1. The summed E-state index contributed by atoms with van der Waals surface area (Å²) < 4.78 is 0. The Labute approximate surface area is 99.9 Å². The second kappa shape index (κ2) is 4.99. The van der Waals surface area contributed by atoms with E-state index in [-0.39, 0.29) is 5.91 Å². The van der Waals surface area contributed by atoms with E-state index in [1.807, 2.05) is 30.3 Å². The third kappa shape index (κ3) is 2.64. The molecule has 0 aromatic heterocycles. The summed E-state index contributed by atoms with van der Waals surface area (Å²) >= 11 is 0. The first-order valence-electron chi connectivity index (χ1n) is 5.74. The summed E-state index contributed by atoms with van der Waals surface area (Å²) in [6.45, 7) is 1.15. The van der Waals surface area contributed by atoms with E-state index < -0.39 is 11.9 Å². The second-order valence-corrected chi connectivity index (χ2v) is 4.28. The van der Waals surface area contributed by atoms with E-state index in [0.29, 0.717) is 19.5 Å². The lowest BCUT2D eigenvalue weighted by Gasteiger charge is -2.30. The van der Waals surface area contributed by atoms with Gasteiger partial charge in [-0.2, -0.15) is 0 Å². The van der Waals surface area contributed by atoms with Crippen molar-refractivity contribution in [2.75, 3.05) is 6.54 Å². The molecule has 4 nitrogen and oxygen atoms in total. The van der Waals surface area contributed by atoms with Crippen molar-refractivity contribution in [1.82, 2.24) is 4.90 Å². The predicted molar refractivity (Wildman–Crippen MR) is 62.2 cm³/mol. The van der Waals surface area contributed by atoms with Gasteiger partial charge in [0.1, 0.15) is 5.92 Å². The van der Waals surface area contributed by atoms with E-state index in [0.717, 1.165) is 12.0 Å². The van der Waals surface area contributed by atoms with Gasteiger partial charge in [0.05, 0.1) is 0 Å². The predicted octanol–water partition coefficient (Wildman–Crippen LogP) is 1.51. The van der Waals surface area contributed by atoms with Crippen molar-refractivity contribution < 1.29 is 14.7 Å². The Bertz CT molecular complexity index is 416. The Morgan fingerprint density at radius 1 is 1.35 bits per heavy atom. The van der Waals surface area contributed by atoms with E-state index >= 15 is 0 Å². The van der Waals surface area contributed by atoms with Crippen LogP contribution < -0.4 is 0 Å². The molecule has 2 rings (SSSR count). The molecule has 1 unspecified atom stereocenters. The maximum atomic E-state index is 11.9. The van der Waals surface area contributed by atoms with Crippen LogP contribution in [-0.4, -0.2) is 28.4 Å². The van der Waals surface area contributed by atoms with Crippen LogP contribution in [0.25, 0.3) is 0 Å². The zero-order valence-corrected chi connectivity index (χ0v) is 9.50. The molecule has 0 radical (unpaired) electrons. The Balaban J connectivity index is 2.06. The van der Waals surface area contributed by atoms with E-state index in [2.05, 4.69) is 0 Å². The fourth-order valence-corrected chi connectivity index (χ4v) is 2.13. The first-order valence-corrected chi connectivity index (χ1v) is 5.74. The smallest absolute Gasteiger partial charge is 0.316 e. The van der Waals surface area contributed by atoms with Crippen molar-refractivity contribution in [1.29, 1.82) is 0 Å². The van der Waals surface area contributed by atoms with Crippen molar-refractivity contribution in [2.45, 2.75) is 19.4 Å². The van der Waals surface area contributed by atoms with Crippen LogP contribution in [0.3, 0.4) is 0 Å². The minimum absolute atomic E-state index is 0.257. The van der Waals surface area contributed by atoms with Crippen molar-refractivity contribution in [3.8, 4) is 0 Å². The molecule has 1 fully saturated rings. The largest absolute Gasteiger partial charge is 0.481 e. The summed E-state index contributed by atoms with van der Waals surface area (Å²) in [6, 6.07) is 9.63. The average molecular weight is 233 g/mol. The highest BCUT2D eigenvalue weighted by molar-refractivity contribution is 5.97. The highest BCUT2D eigenvalue weighted by Crippen LogP contribution is 2.20. The van der Waals surface area contributed by atoms with Crippen LogP contribution in [0.2, 0.25) is 0 Å². The van der Waals surface area contributed by atoms with Crippen LogP contribution in [0.15, 0.2) is 30.3 Å². The molecule has 1 saturated heterocycles. The molecule has 0 bridgehead atoms. The maximum absolute atomic E-state index is 11.9. The van der Waals surface area contributed by atoms with Gasteiger partial charge in [0.25, 0.3) is 0 Å². The van der Waals surface area contributed by atoms with Crippen molar-refractivity contribution in [3.05, 3.63) is 35.9 Å². The molecule has 1 heterocycles. The molecular weight excluding hydrogens is 218 g/mol. The third-order valence-corrected chi connectivity index (χ3v) is 3.04. The van der Waals surface area contributed by atoms with Crippen molar-refractivity contribution in [3.63, 3.8) is 0 Å². The summed E-state index contributed by atoms with van der Waals surface area (Å²) in [6.07, 6.45) is 1.22. The van der Waals surface area contributed by atoms with Gasteiger partial charge in [0.2, 0.25) is 5.91 Å². The Kier molecular flexibility index (Phi) is 3.42. The van der Waals surface area contributed by atoms with E-state index in [9.17, 15) is 9.59 Å². The molecule has 0 saturated carbocycles. The minimum atomic E-state index is -1.01. The summed E-state index contributed by atoms with van der Waals surface area (Å²) in [4.78, 5) is 24.5. The van der Waals surface area contributed by atoms with Gasteiger partial charge in [-0.3, -0.25) is 9.59 Å². The normalized spacial score (nSPS) is 20.4. The maximum Gasteiger partial charge on any atom is 0.316 e. The van der Waals surface area contributed by atoms with Gasteiger partial charge in [-0.15, -0.1) is 0 Å². The number of carbonyl (C=O) groups excluding carboxylic acids is 1. The lowest BCUT2D eigenvalue weighted by molar-refractivity contribution is -0.154. The number of carboxylic acids is 1. The lowest BCUT2D eigenvalue weighted by Crippen LogP contribution is -2.43. The number of likely N-dealkylation sites (tertiary alicyclic amines) is 1. The monoisotopic (exact) mass is 233 g/mol. The Morgan fingerprint density at radius 3 is 2.71 bits per heavy atom. The van der Waals surface area contributed by atoms with Crippen molar-refractivity contribution in [2.24, 2.45) is 5.92 Å². The van der Waals surface area contributed by atoms with Gasteiger partial charge in [0, 0.05) is 13.1 Å². The van der Waals surface area contributed by atoms with Gasteiger partial charge in [0.15, 0.2) is 0 Å². The number of hydrogen-bond acceptors (Lipinski definition) is 2. The molecule has 1 N–H and O–H groups in total. The van der Waals surface area contributed by atoms with Crippen LogP contribution in [0.5, 0.6) is 0 Å². The quantitative estimate of drug-likeness (QED) is 0.805. The average Bonchev–Trinajstić information content (AvgIpc) is 2.33. The fourth-order valence-electron chi connectivity index (χ4n) is 2.13. The zero-order chi connectivity index (χ0) is 12.3. The Morgan fingerprint density at radius 2 is 2.06 bits per heavy atom. The minimum Gasteiger partial charge on any atom is -0.481 e. The third-order valence-electron chi connectivity index (χ3n) is 3.04. The first-order chi connectivity index (χ1) is 8.18.